The van der Waals surface area contributed by atoms with E-state index in [0.717, 1.165) is 12.2 Å². The van der Waals surface area contributed by atoms with Crippen molar-refractivity contribution in [3.8, 4) is 5.75 Å². The summed E-state index contributed by atoms with van der Waals surface area (Å²) in [5, 5.41) is 8.59. The van der Waals surface area contributed by atoms with Crippen LogP contribution in [0.3, 0.4) is 0 Å². The number of ether oxygens (including phenoxy) is 2. The van der Waals surface area contributed by atoms with E-state index in [-0.39, 0.29) is 25.0 Å². The van der Waals surface area contributed by atoms with Crippen LogP contribution in [0.4, 0.5) is 0 Å². The second kappa shape index (κ2) is 7.84. The van der Waals surface area contributed by atoms with E-state index in [1.54, 1.807) is 0 Å². The predicted molar refractivity (Wildman–Crippen MR) is 71.2 cm³/mol. The molecule has 1 unspecified atom stereocenters. The number of para-hydroxylation sites is 1. The van der Waals surface area contributed by atoms with Crippen LogP contribution in [0.25, 0.3) is 0 Å². The van der Waals surface area contributed by atoms with Crippen LogP contribution in [0, 0.1) is 0 Å². The van der Waals surface area contributed by atoms with Gasteiger partial charge in [0, 0.05) is 12.2 Å². The minimum atomic E-state index is -0.248. The van der Waals surface area contributed by atoms with Gasteiger partial charge in [0.15, 0.2) is 0 Å². The fourth-order valence-electron chi connectivity index (χ4n) is 1.61. The van der Waals surface area contributed by atoms with Gasteiger partial charge < -0.3 is 14.6 Å². The van der Waals surface area contributed by atoms with E-state index in [2.05, 4.69) is 5.48 Å². The number of nitrogens with one attached hydrogen (secondary N) is 1. The van der Waals surface area contributed by atoms with Crippen LogP contribution in [0.15, 0.2) is 24.3 Å². The van der Waals surface area contributed by atoms with Gasteiger partial charge >= 0.3 is 0 Å². The Morgan fingerprint density at radius 1 is 1.45 bits per heavy atom. The summed E-state index contributed by atoms with van der Waals surface area (Å²) in [6.07, 6.45) is 0.848. The highest BCUT2D eigenvalue weighted by molar-refractivity contribution is 5.78. The van der Waals surface area contributed by atoms with Crippen molar-refractivity contribution in [2.24, 2.45) is 0 Å². The summed E-state index contributed by atoms with van der Waals surface area (Å²) in [6, 6.07) is 7.39. The largest absolute Gasteiger partial charge is 0.490 e. The lowest BCUT2D eigenvalue weighted by Crippen LogP contribution is -2.26. The Kier molecular flexibility index (Phi) is 5.79. The third kappa shape index (κ3) is 5.16. The first-order valence-electron chi connectivity index (χ1n) is 6.63. The molecule has 1 saturated heterocycles. The smallest absolute Gasteiger partial charge is 0.248 e. The van der Waals surface area contributed by atoms with Gasteiger partial charge in [-0.05, 0) is 12.5 Å². The van der Waals surface area contributed by atoms with Gasteiger partial charge in [0.25, 0.3) is 0 Å². The molecule has 2 rings (SSSR count). The third-order valence-corrected chi connectivity index (χ3v) is 2.74. The van der Waals surface area contributed by atoms with Gasteiger partial charge in [-0.15, -0.1) is 0 Å². The molecule has 2 N–H and O–H groups in total. The number of benzene rings is 1. The zero-order valence-corrected chi connectivity index (χ0v) is 11.2. The summed E-state index contributed by atoms with van der Waals surface area (Å²) in [4.78, 5) is 16.6. The van der Waals surface area contributed by atoms with E-state index in [0.29, 0.717) is 25.4 Å². The Morgan fingerprint density at radius 3 is 3.00 bits per heavy atom. The van der Waals surface area contributed by atoms with Crippen molar-refractivity contribution >= 4 is 5.91 Å². The number of amides is 1. The summed E-state index contributed by atoms with van der Waals surface area (Å²) in [6.45, 7) is 1.57. The van der Waals surface area contributed by atoms with Gasteiger partial charge in [-0.2, -0.15) is 0 Å². The second-order valence-electron chi connectivity index (χ2n) is 4.50. The molecular formula is C14H19NO5. The Labute approximate surface area is 117 Å². The lowest BCUT2D eigenvalue weighted by atomic mass is 10.1. The Bertz CT molecular complexity index is 433. The number of carbonyl (C=O) groups excluding carboxylic acids is 1. The number of aliphatic hydroxyl groups is 1. The van der Waals surface area contributed by atoms with E-state index in [4.69, 9.17) is 19.4 Å². The van der Waals surface area contributed by atoms with Crippen LogP contribution < -0.4 is 10.2 Å². The van der Waals surface area contributed by atoms with Crippen LogP contribution in [0.1, 0.15) is 12.0 Å². The quantitative estimate of drug-likeness (QED) is 0.390. The number of hydrogen-bond acceptors (Lipinski definition) is 5. The van der Waals surface area contributed by atoms with Gasteiger partial charge in [-0.1, -0.05) is 18.2 Å². The SMILES string of the molecule is O=C(Cc1ccccc1OCC1CO1)NOCCCO. The first-order valence-corrected chi connectivity index (χ1v) is 6.63. The maximum Gasteiger partial charge on any atom is 0.248 e. The highest BCUT2D eigenvalue weighted by atomic mass is 16.6. The molecule has 0 aromatic heterocycles. The zero-order chi connectivity index (χ0) is 14.2. The molecule has 1 atom stereocenters. The molecular weight excluding hydrogens is 262 g/mol. The van der Waals surface area contributed by atoms with Crippen molar-refractivity contribution in [3.63, 3.8) is 0 Å². The van der Waals surface area contributed by atoms with E-state index < -0.39 is 0 Å². The van der Waals surface area contributed by atoms with Crippen molar-refractivity contribution in [2.45, 2.75) is 18.9 Å². The number of hydroxylamine groups is 1. The molecule has 0 radical (unpaired) electrons. The number of epoxide rings is 1. The molecule has 6 heteroatoms. The minimum Gasteiger partial charge on any atom is -0.490 e. The second-order valence-corrected chi connectivity index (χ2v) is 4.50. The topological polar surface area (TPSA) is 80.3 Å². The maximum absolute atomic E-state index is 11.7. The number of carbonyl (C=O) groups is 1. The molecule has 1 heterocycles. The molecule has 20 heavy (non-hydrogen) atoms. The normalized spacial score (nSPS) is 16.8. The molecule has 1 fully saturated rings. The summed E-state index contributed by atoms with van der Waals surface area (Å²) in [5.41, 5.74) is 3.14. The summed E-state index contributed by atoms with van der Waals surface area (Å²) < 4.78 is 10.7. The zero-order valence-electron chi connectivity index (χ0n) is 11.2. The average molecular weight is 281 g/mol. The number of hydrogen-bond donors (Lipinski definition) is 2. The fourth-order valence-corrected chi connectivity index (χ4v) is 1.61. The number of aliphatic hydroxyl groups excluding tert-OH is 1. The van der Waals surface area contributed by atoms with Gasteiger partial charge in [0.1, 0.15) is 18.5 Å². The third-order valence-electron chi connectivity index (χ3n) is 2.74. The lowest BCUT2D eigenvalue weighted by molar-refractivity contribution is -0.133. The average Bonchev–Trinajstić information content (AvgIpc) is 3.27. The van der Waals surface area contributed by atoms with Crippen LogP contribution >= 0.6 is 0 Å². The predicted octanol–water partition coefficient (Wildman–Crippen LogP) is 0.437. The van der Waals surface area contributed by atoms with E-state index >= 15 is 0 Å². The molecule has 0 saturated carbocycles. The monoisotopic (exact) mass is 281 g/mol. The van der Waals surface area contributed by atoms with Crippen molar-refractivity contribution < 1.29 is 24.2 Å². The van der Waals surface area contributed by atoms with Crippen molar-refractivity contribution in [2.75, 3.05) is 26.4 Å². The summed E-state index contributed by atoms with van der Waals surface area (Å²) in [7, 11) is 0. The van der Waals surface area contributed by atoms with Gasteiger partial charge in [0.05, 0.1) is 19.6 Å². The lowest BCUT2D eigenvalue weighted by Gasteiger charge is -2.10. The van der Waals surface area contributed by atoms with Crippen molar-refractivity contribution in [1.29, 1.82) is 0 Å². The molecule has 1 aromatic carbocycles. The first kappa shape index (κ1) is 14.8. The van der Waals surface area contributed by atoms with E-state index in [1.807, 2.05) is 24.3 Å². The van der Waals surface area contributed by atoms with Crippen LogP contribution in [-0.4, -0.2) is 43.5 Å². The molecule has 1 aromatic rings. The van der Waals surface area contributed by atoms with Gasteiger partial charge in [0.2, 0.25) is 5.91 Å². The fraction of sp³-hybridized carbons (Fsp3) is 0.500. The molecule has 1 amide bonds. The molecule has 1 aliphatic rings. The highest BCUT2D eigenvalue weighted by Crippen LogP contribution is 2.20. The minimum absolute atomic E-state index is 0.0375. The Balaban J connectivity index is 1.79. The molecule has 6 nitrogen and oxygen atoms in total. The Morgan fingerprint density at radius 2 is 2.25 bits per heavy atom. The highest BCUT2D eigenvalue weighted by Gasteiger charge is 2.23. The van der Waals surface area contributed by atoms with Crippen molar-refractivity contribution in [1.82, 2.24) is 5.48 Å². The van der Waals surface area contributed by atoms with Crippen LogP contribution in [0.2, 0.25) is 0 Å². The maximum atomic E-state index is 11.7. The summed E-state index contributed by atoms with van der Waals surface area (Å²) >= 11 is 0. The molecule has 1 aliphatic heterocycles. The first-order chi connectivity index (χ1) is 9.79. The van der Waals surface area contributed by atoms with Crippen LogP contribution in [-0.2, 0) is 20.8 Å². The van der Waals surface area contributed by atoms with Crippen LogP contribution in [0.5, 0.6) is 5.75 Å². The van der Waals surface area contributed by atoms with Gasteiger partial charge in [-0.25, -0.2) is 5.48 Å². The van der Waals surface area contributed by atoms with E-state index in [9.17, 15) is 4.79 Å². The molecule has 0 bridgehead atoms. The van der Waals surface area contributed by atoms with Crippen molar-refractivity contribution in [3.05, 3.63) is 29.8 Å². The van der Waals surface area contributed by atoms with Gasteiger partial charge in [-0.3, -0.25) is 9.63 Å². The Hall–Kier alpha value is -1.63. The molecule has 110 valence electrons. The van der Waals surface area contributed by atoms with E-state index in [1.165, 1.54) is 0 Å². The summed E-state index contributed by atoms with van der Waals surface area (Å²) in [5.74, 6) is 0.440. The molecule has 0 aliphatic carbocycles. The number of rotatable bonds is 9. The standard InChI is InChI=1S/C14H19NO5/c16-6-3-7-20-15-14(17)8-11-4-1-2-5-13(11)19-10-12-9-18-12/h1-2,4-5,12,16H,3,6-10H2,(H,15,17). The molecule has 0 spiro atoms.